The summed E-state index contributed by atoms with van der Waals surface area (Å²) in [5.41, 5.74) is 6.86. The van der Waals surface area contributed by atoms with Gasteiger partial charge in [-0.05, 0) is 19.4 Å². The van der Waals surface area contributed by atoms with Crippen LogP contribution in [0.4, 0.5) is 11.4 Å². The van der Waals surface area contributed by atoms with Gasteiger partial charge < -0.3 is 15.7 Å². The average Bonchev–Trinajstić information content (AvgIpc) is 2.47. The van der Waals surface area contributed by atoms with E-state index in [1.54, 1.807) is 12.4 Å². The lowest BCUT2D eigenvalue weighted by Gasteiger charge is -2.21. The third kappa shape index (κ3) is 1.65. The number of nitrogens with zero attached hydrogens (tertiary/aromatic N) is 2. The predicted molar refractivity (Wildman–Crippen MR) is 56.1 cm³/mol. The van der Waals surface area contributed by atoms with Crippen molar-refractivity contribution in [1.29, 1.82) is 0 Å². The fourth-order valence-corrected chi connectivity index (χ4v) is 1.84. The molecule has 1 saturated heterocycles. The lowest BCUT2D eigenvalue weighted by molar-refractivity contribution is 0.0839. The number of hydrogen-bond donors (Lipinski definition) is 2. The maximum atomic E-state index is 9.82. The molecule has 76 valence electrons. The standard InChI is InChI=1S/C10H15N3O/c1-10(14)3-5-13(7-10)9-2-4-12-6-8(9)11/h2,4,6,14H,3,5,7,11H2,1H3. The second-order valence-electron chi connectivity index (χ2n) is 4.10. The maximum absolute atomic E-state index is 9.82. The first-order valence-electron chi connectivity index (χ1n) is 4.75. The van der Waals surface area contributed by atoms with E-state index in [2.05, 4.69) is 9.88 Å². The van der Waals surface area contributed by atoms with Crippen LogP contribution in [0.25, 0.3) is 0 Å². The Kier molecular flexibility index (Phi) is 2.07. The van der Waals surface area contributed by atoms with Crippen molar-refractivity contribution in [3.8, 4) is 0 Å². The van der Waals surface area contributed by atoms with Crippen LogP contribution in [0.15, 0.2) is 18.5 Å². The monoisotopic (exact) mass is 193 g/mol. The number of rotatable bonds is 1. The molecule has 1 aromatic heterocycles. The molecule has 1 atom stereocenters. The summed E-state index contributed by atoms with van der Waals surface area (Å²) >= 11 is 0. The van der Waals surface area contributed by atoms with E-state index in [1.807, 2.05) is 13.0 Å². The largest absolute Gasteiger partial charge is 0.396 e. The van der Waals surface area contributed by atoms with E-state index in [4.69, 9.17) is 5.73 Å². The summed E-state index contributed by atoms with van der Waals surface area (Å²) in [6.45, 7) is 3.34. The summed E-state index contributed by atoms with van der Waals surface area (Å²) in [5.74, 6) is 0. The van der Waals surface area contributed by atoms with Gasteiger partial charge in [0.2, 0.25) is 0 Å². The van der Waals surface area contributed by atoms with Crippen LogP contribution in [-0.2, 0) is 0 Å². The molecule has 0 aliphatic carbocycles. The van der Waals surface area contributed by atoms with Crippen LogP contribution in [0.3, 0.4) is 0 Å². The second-order valence-corrected chi connectivity index (χ2v) is 4.10. The Hall–Kier alpha value is -1.29. The van der Waals surface area contributed by atoms with Crippen LogP contribution in [0.5, 0.6) is 0 Å². The van der Waals surface area contributed by atoms with Gasteiger partial charge in [0.15, 0.2) is 0 Å². The van der Waals surface area contributed by atoms with Crippen LogP contribution >= 0.6 is 0 Å². The highest BCUT2D eigenvalue weighted by atomic mass is 16.3. The summed E-state index contributed by atoms with van der Waals surface area (Å²) in [6.07, 6.45) is 4.15. The molecule has 2 rings (SSSR count). The molecule has 1 fully saturated rings. The molecule has 1 unspecified atom stereocenters. The number of β-amino-alcohol motifs (C(OH)–C–C–N with tert-alkyl or cyclic N) is 1. The number of aliphatic hydroxyl groups is 1. The Bertz CT molecular complexity index is 338. The van der Waals surface area contributed by atoms with Crippen LogP contribution in [0.1, 0.15) is 13.3 Å². The molecule has 1 aliphatic heterocycles. The third-order valence-electron chi connectivity index (χ3n) is 2.62. The minimum absolute atomic E-state index is 0.588. The van der Waals surface area contributed by atoms with Gasteiger partial charge in [0, 0.05) is 19.3 Å². The summed E-state index contributed by atoms with van der Waals surface area (Å²) in [6, 6.07) is 1.89. The van der Waals surface area contributed by atoms with E-state index in [9.17, 15) is 5.11 Å². The van der Waals surface area contributed by atoms with Crippen molar-refractivity contribution in [2.75, 3.05) is 23.7 Å². The minimum Gasteiger partial charge on any atom is -0.396 e. The van der Waals surface area contributed by atoms with Crippen molar-refractivity contribution in [3.63, 3.8) is 0 Å². The van der Waals surface area contributed by atoms with Gasteiger partial charge in [-0.3, -0.25) is 4.98 Å². The highest BCUT2D eigenvalue weighted by molar-refractivity contribution is 5.66. The fraction of sp³-hybridized carbons (Fsp3) is 0.500. The van der Waals surface area contributed by atoms with Crippen LogP contribution in [0.2, 0.25) is 0 Å². The van der Waals surface area contributed by atoms with Crippen LogP contribution in [-0.4, -0.2) is 28.8 Å². The number of pyridine rings is 1. The predicted octanol–water partition coefficient (Wildman–Crippen LogP) is 0.625. The highest BCUT2D eigenvalue weighted by Gasteiger charge is 2.31. The Balaban J connectivity index is 2.22. The van der Waals surface area contributed by atoms with Gasteiger partial charge in [-0.25, -0.2) is 0 Å². The molecule has 1 aliphatic rings. The quantitative estimate of drug-likeness (QED) is 0.686. The third-order valence-corrected chi connectivity index (χ3v) is 2.62. The van der Waals surface area contributed by atoms with Crippen molar-refractivity contribution >= 4 is 11.4 Å². The van der Waals surface area contributed by atoms with Crippen LogP contribution < -0.4 is 10.6 Å². The van der Waals surface area contributed by atoms with Gasteiger partial charge >= 0.3 is 0 Å². The van der Waals surface area contributed by atoms with Gasteiger partial charge in [-0.1, -0.05) is 0 Å². The van der Waals surface area contributed by atoms with Crippen molar-refractivity contribution < 1.29 is 5.11 Å². The summed E-state index contributed by atoms with van der Waals surface area (Å²) < 4.78 is 0. The van der Waals surface area contributed by atoms with E-state index in [-0.39, 0.29) is 0 Å². The van der Waals surface area contributed by atoms with Crippen molar-refractivity contribution in [2.24, 2.45) is 0 Å². The summed E-state index contributed by atoms with van der Waals surface area (Å²) in [7, 11) is 0. The zero-order valence-electron chi connectivity index (χ0n) is 8.27. The molecule has 0 amide bonds. The molecule has 14 heavy (non-hydrogen) atoms. The Morgan fingerprint density at radius 3 is 3.00 bits per heavy atom. The maximum Gasteiger partial charge on any atom is 0.0810 e. The Labute approximate surface area is 83.4 Å². The van der Waals surface area contributed by atoms with Gasteiger partial charge in [0.1, 0.15) is 0 Å². The number of anilines is 2. The topological polar surface area (TPSA) is 62.4 Å². The number of nitrogen functional groups attached to an aromatic ring is 1. The number of hydrogen-bond acceptors (Lipinski definition) is 4. The molecule has 4 nitrogen and oxygen atoms in total. The molecule has 2 heterocycles. The average molecular weight is 193 g/mol. The summed E-state index contributed by atoms with van der Waals surface area (Å²) in [4.78, 5) is 6.03. The first kappa shape index (κ1) is 9.27. The van der Waals surface area contributed by atoms with Gasteiger partial charge in [-0.15, -0.1) is 0 Å². The number of aromatic nitrogens is 1. The molecule has 0 bridgehead atoms. The normalized spacial score (nSPS) is 26.9. The Morgan fingerprint density at radius 1 is 1.64 bits per heavy atom. The smallest absolute Gasteiger partial charge is 0.0810 e. The molecule has 0 spiro atoms. The molecule has 0 saturated carbocycles. The van der Waals surface area contributed by atoms with E-state index in [1.165, 1.54) is 0 Å². The molecule has 4 heteroatoms. The van der Waals surface area contributed by atoms with Crippen molar-refractivity contribution in [1.82, 2.24) is 4.98 Å². The van der Waals surface area contributed by atoms with Gasteiger partial charge in [0.25, 0.3) is 0 Å². The molecular formula is C10H15N3O. The first-order chi connectivity index (χ1) is 6.58. The minimum atomic E-state index is -0.588. The molecular weight excluding hydrogens is 178 g/mol. The lowest BCUT2D eigenvalue weighted by atomic mass is 10.1. The SMILES string of the molecule is CC1(O)CCN(c2ccncc2N)C1. The Morgan fingerprint density at radius 2 is 2.43 bits per heavy atom. The van der Waals surface area contributed by atoms with Gasteiger partial charge in [0.05, 0.1) is 23.2 Å². The zero-order valence-corrected chi connectivity index (χ0v) is 8.27. The second kappa shape index (κ2) is 3.13. The molecule has 1 aromatic rings. The zero-order chi connectivity index (χ0) is 10.2. The van der Waals surface area contributed by atoms with Gasteiger partial charge in [-0.2, -0.15) is 0 Å². The first-order valence-corrected chi connectivity index (χ1v) is 4.75. The van der Waals surface area contributed by atoms with Crippen molar-refractivity contribution in [2.45, 2.75) is 18.9 Å². The van der Waals surface area contributed by atoms with E-state index < -0.39 is 5.60 Å². The molecule has 3 N–H and O–H groups in total. The lowest BCUT2D eigenvalue weighted by Crippen LogP contribution is -2.29. The van der Waals surface area contributed by atoms with E-state index in [0.29, 0.717) is 12.2 Å². The number of nitrogens with two attached hydrogens (primary N) is 1. The molecule has 0 aromatic carbocycles. The van der Waals surface area contributed by atoms with E-state index >= 15 is 0 Å². The fourth-order valence-electron chi connectivity index (χ4n) is 1.84. The molecule has 0 radical (unpaired) electrons. The van der Waals surface area contributed by atoms with E-state index in [0.717, 1.165) is 18.7 Å². The van der Waals surface area contributed by atoms with Crippen molar-refractivity contribution in [3.05, 3.63) is 18.5 Å². The van der Waals surface area contributed by atoms with Crippen LogP contribution in [0, 0.1) is 0 Å². The highest BCUT2D eigenvalue weighted by Crippen LogP contribution is 2.29. The summed E-state index contributed by atoms with van der Waals surface area (Å²) in [5, 5.41) is 9.82.